The Morgan fingerprint density at radius 2 is 2.33 bits per heavy atom. The summed E-state index contributed by atoms with van der Waals surface area (Å²) in [6, 6.07) is 1.60. The lowest BCUT2D eigenvalue weighted by Crippen LogP contribution is -2.29. The summed E-state index contributed by atoms with van der Waals surface area (Å²) in [6.07, 6.45) is 2.51. The van der Waals surface area contributed by atoms with Gasteiger partial charge in [-0.15, -0.1) is 0 Å². The van der Waals surface area contributed by atoms with Crippen LogP contribution < -0.4 is 5.73 Å². The van der Waals surface area contributed by atoms with E-state index in [9.17, 15) is 4.79 Å². The Balaban J connectivity index is 2.15. The number of hydrogen-bond donors (Lipinski definition) is 1. The van der Waals surface area contributed by atoms with Gasteiger partial charge in [-0.05, 0) is 24.3 Å². The summed E-state index contributed by atoms with van der Waals surface area (Å²) in [5.74, 6) is 1.10. The first-order valence-corrected chi connectivity index (χ1v) is 6.57. The van der Waals surface area contributed by atoms with Gasteiger partial charge in [0.05, 0.1) is 17.4 Å². The molecule has 0 bridgehead atoms. The fourth-order valence-electron chi connectivity index (χ4n) is 2.30. The third kappa shape index (κ3) is 2.58. The number of nitrogens with two attached hydrogens (primary N) is 1. The van der Waals surface area contributed by atoms with Gasteiger partial charge in [0, 0.05) is 13.1 Å². The van der Waals surface area contributed by atoms with Crippen LogP contribution in [0.25, 0.3) is 0 Å². The predicted molar refractivity (Wildman–Crippen MR) is 72.5 cm³/mol. The van der Waals surface area contributed by atoms with Crippen LogP contribution in [0, 0.1) is 11.8 Å². The SMILES string of the molecule is CC(C)C1CCN(C(=O)c2cc(N)cnc2Cl)C1. The van der Waals surface area contributed by atoms with Crippen LogP contribution in [0.3, 0.4) is 0 Å². The fourth-order valence-corrected chi connectivity index (χ4v) is 2.48. The van der Waals surface area contributed by atoms with Gasteiger partial charge in [0.1, 0.15) is 5.15 Å². The van der Waals surface area contributed by atoms with Gasteiger partial charge in [0.15, 0.2) is 0 Å². The van der Waals surface area contributed by atoms with Crippen LogP contribution in [0.4, 0.5) is 5.69 Å². The van der Waals surface area contributed by atoms with Crippen molar-refractivity contribution in [1.29, 1.82) is 0 Å². The van der Waals surface area contributed by atoms with Gasteiger partial charge in [0.2, 0.25) is 0 Å². The van der Waals surface area contributed by atoms with Gasteiger partial charge >= 0.3 is 0 Å². The highest BCUT2D eigenvalue weighted by atomic mass is 35.5. The zero-order chi connectivity index (χ0) is 13.3. The maximum absolute atomic E-state index is 12.3. The second-order valence-corrected chi connectivity index (χ2v) is 5.51. The number of nitrogen functional groups attached to an aromatic ring is 1. The Labute approximate surface area is 112 Å². The van der Waals surface area contributed by atoms with E-state index >= 15 is 0 Å². The maximum atomic E-state index is 12.3. The number of anilines is 1. The van der Waals surface area contributed by atoms with E-state index in [1.54, 1.807) is 6.07 Å². The molecule has 2 N–H and O–H groups in total. The molecule has 1 fully saturated rings. The number of hydrogen-bond acceptors (Lipinski definition) is 3. The van der Waals surface area contributed by atoms with Crippen LogP contribution in [0.15, 0.2) is 12.3 Å². The van der Waals surface area contributed by atoms with Crippen molar-refractivity contribution in [2.45, 2.75) is 20.3 Å². The van der Waals surface area contributed by atoms with Gasteiger partial charge in [-0.3, -0.25) is 4.79 Å². The first kappa shape index (κ1) is 13.1. The molecule has 0 radical (unpaired) electrons. The van der Waals surface area contributed by atoms with Crippen molar-refractivity contribution in [2.75, 3.05) is 18.8 Å². The molecule has 0 aliphatic carbocycles. The molecule has 1 unspecified atom stereocenters. The molecular formula is C13H18ClN3O. The van der Waals surface area contributed by atoms with Crippen LogP contribution in [0.1, 0.15) is 30.6 Å². The first-order chi connectivity index (χ1) is 8.49. The summed E-state index contributed by atoms with van der Waals surface area (Å²) >= 11 is 5.95. The van der Waals surface area contributed by atoms with Gasteiger partial charge in [-0.1, -0.05) is 25.4 Å². The smallest absolute Gasteiger partial charge is 0.257 e. The Morgan fingerprint density at radius 1 is 1.61 bits per heavy atom. The maximum Gasteiger partial charge on any atom is 0.257 e. The van der Waals surface area contributed by atoms with Crippen LogP contribution in [0.5, 0.6) is 0 Å². The van der Waals surface area contributed by atoms with E-state index in [0.717, 1.165) is 19.5 Å². The lowest BCUT2D eigenvalue weighted by Gasteiger charge is -2.18. The molecule has 1 aliphatic heterocycles. The third-order valence-electron chi connectivity index (χ3n) is 3.55. The van der Waals surface area contributed by atoms with Crippen molar-refractivity contribution in [2.24, 2.45) is 11.8 Å². The Bertz CT molecular complexity index is 462. The second kappa shape index (κ2) is 5.14. The summed E-state index contributed by atoms with van der Waals surface area (Å²) < 4.78 is 0. The molecule has 2 rings (SSSR count). The topological polar surface area (TPSA) is 59.2 Å². The number of halogens is 1. The molecular weight excluding hydrogens is 250 g/mol. The monoisotopic (exact) mass is 267 g/mol. The highest BCUT2D eigenvalue weighted by Gasteiger charge is 2.29. The van der Waals surface area contributed by atoms with E-state index in [1.165, 1.54) is 6.20 Å². The quantitative estimate of drug-likeness (QED) is 0.838. The lowest BCUT2D eigenvalue weighted by molar-refractivity contribution is 0.0784. The molecule has 0 saturated carbocycles. The van der Waals surface area contributed by atoms with Crippen molar-refractivity contribution in [3.8, 4) is 0 Å². The summed E-state index contributed by atoms with van der Waals surface area (Å²) in [6.45, 7) is 5.95. The van der Waals surface area contributed by atoms with Crippen molar-refractivity contribution in [3.63, 3.8) is 0 Å². The molecule has 1 aromatic rings. The van der Waals surface area contributed by atoms with Gasteiger partial charge in [-0.2, -0.15) is 0 Å². The third-order valence-corrected chi connectivity index (χ3v) is 3.85. The lowest BCUT2D eigenvalue weighted by atomic mass is 9.95. The van der Waals surface area contributed by atoms with Crippen molar-refractivity contribution in [3.05, 3.63) is 23.0 Å². The average molecular weight is 268 g/mol. The van der Waals surface area contributed by atoms with Crippen LogP contribution in [0.2, 0.25) is 5.15 Å². The number of aromatic nitrogens is 1. The molecule has 18 heavy (non-hydrogen) atoms. The fraction of sp³-hybridized carbons (Fsp3) is 0.538. The Morgan fingerprint density at radius 3 is 2.94 bits per heavy atom. The minimum atomic E-state index is -0.0667. The summed E-state index contributed by atoms with van der Waals surface area (Å²) in [5.41, 5.74) is 6.51. The van der Waals surface area contributed by atoms with Gasteiger partial charge in [0.25, 0.3) is 5.91 Å². The normalized spacial score (nSPS) is 19.6. The van der Waals surface area contributed by atoms with Crippen molar-refractivity contribution in [1.82, 2.24) is 9.88 Å². The van der Waals surface area contributed by atoms with Gasteiger partial charge < -0.3 is 10.6 Å². The summed E-state index contributed by atoms with van der Waals surface area (Å²) in [4.78, 5) is 18.1. The summed E-state index contributed by atoms with van der Waals surface area (Å²) in [7, 11) is 0. The van der Waals surface area contributed by atoms with Gasteiger partial charge in [-0.25, -0.2) is 4.98 Å². The van der Waals surface area contributed by atoms with Crippen LogP contribution in [-0.2, 0) is 0 Å². The van der Waals surface area contributed by atoms with E-state index in [2.05, 4.69) is 18.8 Å². The molecule has 1 atom stereocenters. The molecule has 1 aliphatic rings. The zero-order valence-electron chi connectivity index (χ0n) is 10.7. The minimum absolute atomic E-state index is 0.0667. The van der Waals surface area contributed by atoms with E-state index < -0.39 is 0 Å². The second-order valence-electron chi connectivity index (χ2n) is 5.15. The molecule has 1 saturated heterocycles. The molecule has 1 aromatic heterocycles. The Hall–Kier alpha value is -1.29. The van der Waals surface area contributed by atoms with Crippen LogP contribution in [-0.4, -0.2) is 28.9 Å². The van der Waals surface area contributed by atoms with E-state index in [-0.39, 0.29) is 11.1 Å². The molecule has 0 spiro atoms. The number of likely N-dealkylation sites (tertiary alicyclic amines) is 1. The summed E-state index contributed by atoms with van der Waals surface area (Å²) in [5, 5.41) is 0.224. The molecule has 5 heteroatoms. The number of rotatable bonds is 2. The molecule has 4 nitrogen and oxygen atoms in total. The standard InChI is InChI=1S/C13H18ClN3O/c1-8(2)9-3-4-17(7-9)13(18)11-5-10(15)6-16-12(11)14/h5-6,8-9H,3-4,7,15H2,1-2H3. The predicted octanol–water partition coefficient (Wildman–Crippen LogP) is 2.44. The largest absolute Gasteiger partial charge is 0.397 e. The highest BCUT2D eigenvalue weighted by Crippen LogP contribution is 2.26. The van der Waals surface area contributed by atoms with Crippen LogP contribution >= 0.6 is 11.6 Å². The number of carbonyl (C=O) groups is 1. The molecule has 98 valence electrons. The molecule has 2 heterocycles. The minimum Gasteiger partial charge on any atom is -0.397 e. The van der Waals surface area contributed by atoms with E-state index in [4.69, 9.17) is 17.3 Å². The highest BCUT2D eigenvalue weighted by molar-refractivity contribution is 6.32. The first-order valence-electron chi connectivity index (χ1n) is 6.19. The number of amides is 1. The van der Waals surface area contributed by atoms with E-state index in [1.807, 2.05) is 4.90 Å². The number of nitrogens with zero attached hydrogens (tertiary/aromatic N) is 2. The van der Waals surface area contributed by atoms with Crippen molar-refractivity contribution < 1.29 is 4.79 Å². The zero-order valence-corrected chi connectivity index (χ0v) is 11.4. The molecule has 0 aromatic carbocycles. The number of carbonyl (C=O) groups excluding carboxylic acids is 1. The average Bonchev–Trinajstić information content (AvgIpc) is 2.81. The van der Waals surface area contributed by atoms with E-state index in [0.29, 0.717) is 23.1 Å². The molecule has 1 amide bonds. The Kier molecular flexibility index (Phi) is 3.76. The van der Waals surface area contributed by atoms with Crippen molar-refractivity contribution >= 4 is 23.2 Å². The number of pyridine rings is 1.